The molecule has 1 aromatic carbocycles. The van der Waals surface area contributed by atoms with Crippen molar-refractivity contribution in [3.8, 4) is 5.75 Å². The lowest BCUT2D eigenvalue weighted by molar-refractivity contribution is -0.131. The summed E-state index contributed by atoms with van der Waals surface area (Å²) in [5, 5.41) is 3.26. The molecule has 1 atom stereocenters. The van der Waals surface area contributed by atoms with E-state index in [-0.39, 0.29) is 23.5 Å². The highest BCUT2D eigenvalue weighted by Crippen LogP contribution is 2.17. The minimum Gasteiger partial charge on any atom is -0.497 e. The van der Waals surface area contributed by atoms with E-state index in [4.69, 9.17) is 4.74 Å². The summed E-state index contributed by atoms with van der Waals surface area (Å²) in [5.74, 6) is 1.12. The number of ether oxygens (including phenoxy) is 1. The zero-order valence-corrected chi connectivity index (χ0v) is 15.1. The molecule has 1 N–H and O–H groups in total. The molecule has 7 heteroatoms. The standard InChI is InChI=1S/C17H26N2O4S/c1-19(15-8-11-24(21,22)13-15)17(20)7-10-18-9-6-14-4-3-5-16(12-14)23-2/h3-5,12,15,18H,6-11,13H2,1-2H3. The lowest BCUT2D eigenvalue weighted by Gasteiger charge is -2.23. The van der Waals surface area contributed by atoms with E-state index >= 15 is 0 Å². The van der Waals surface area contributed by atoms with Crippen molar-refractivity contribution < 1.29 is 17.9 Å². The Bertz CT molecular complexity index is 660. The van der Waals surface area contributed by atoms with E-state index in [0.717, 1.165) is 18.7 Å². The first kappa shape index (κ1) is 18.7. The number of nitrogens with one attached hydrogen (secondary N) is 1. The van der Waals surface area contributed by atoms with Crippen molar-refractivity contribution in [1.82, 2.24) is 10.2 Å². The molecule has 0 spiro atoms. The fourth-order valence-corrected chi connectivity index (χ4v) is 4.62. The van der Waals surface area contributed by atoms with Gasteiger partial charge in [-0.25, -0.2) is 8.42 Å². The zero-order valence-electron chi connectivity index (χ0n) is 14.3. The molecule has 0 radical (unpaired) electrons. The van der Waals surface area contributed by atoms with Gasteiger partial charge in [0.2, 0.25) is 5.91 Å². The molecular formula is C17H26N2O4S. The summed E-state index contributed by atoms with van der Waals surface area (Å²) in [5.41, 5.74) is 1.18. The maximum Gasteiger partial charge on any atom is 0.223 e. The minimum atomic E-state index is -2.96. The normalized spacial score (nSPS) is 19.2. The van der Waals surface area contributed by atoms with E-state index in [0.29, 0.717) is 19.4 Å². The molecule has 2 rings (SSSR count). The highest BCUT2D eigenvalue weighted by molar-refractivity contribution is 7.91. The molecule has 24 heavy (non-hydrogen) atoms. The van der Waals surface area contributed by atoms with Crippen LogP contribution in [-0.4, -0.2) is 64.0 Å². The third kappa shape index (κ3) is 5.49. The van der Waals surface area contributed by atoms with Crippen molar-refractivity contribution in [2.75, 3.05) is 38.8 Å². The summed E-state index contributed by atoms with van der Waals surface area (Å²) < 4.78 is 28.2. The molecule has 1 saturated heterocycles. The molecule has 1 aliphatic heterocycles. The van der Waals surface area contributed by atoms with E-state index in [1.807, 2.05) is 24.3 Å². The number of hydrogen-bond donors (Lipinski definition) is 1. The lowest BCUT2D eigenvalue weighted by atomic mass is 10.1. The Balaban J connectivity index is 1.65. The average Bonchev–Trinajstić information content (AvgIpc) is 2.93. The highest BCUT2D eigenvalue weighted by Gasteiger charge is 2.32. The summed E-state index contributed by atoms with van der Waals surface area (Å²) >= 11 is 0. The Labute approximate surface area is 144 Å². The first-order valence-corrected chi connectivity index (χ1v) is 10.0. The van der Waals surface area contributed by atoms with Gasteiger partial charge >= 0.3 is 0 Å². The molecule has 1 fully saturated rings. The fourth-order valence-electron chi connectivity index (χ4n) is 2.84. The van der Waals surface area contributed by atoms with Crippen molar-refractivity contribution in [3.05, 3.63) is 29.8 Å². The minimum absolute atomic E-state index is 0.00835. The summed E-state index contributed by atoms with van der Waals surface area (Å²) in [7, 11) is 0.387. The lowest BCUT2D eigenvalue weighted by Crippen LogP contribution is -2.39. The van der Waals surface area contributed by atoms with Gasteiger partial charge in [0.1, 0.15) is 5.75 Å². The van der Waals surface area contributed by atoms with E-state index < -0.39 is 9.84 Å². The number of amides is 1. The van der Waals surface area contributed by atoms with Gasteiger partial charge in [-0.2, -0.15) is 0 Å². The Morgan fingerprint density at radius 3 is 2.83 bits per heavy atom. The molecule has 1 heterocycles. The first-order valence-electron chi connectivity index (χ1n) is 8.21. The first-order chi connectivity index (χ1) is 11.4. The van der Waals surface area contributed by atoms with Gasteiger partial charge in [-0.3, -0.25) is 4.79 Å². The third-order valence-electron chi connectivity index (χ3n) is 4.39. The molecule has 1 aromatic rings. The van der Waals surface area contributed by atoms with Crippen LogP contribution in [0.5, 0.6) is 5.75 Å². The molecule has 1 unspecified atom stereocenters. The van der Waals surface area contributed by atoms with Gasteiger partial charge in [-0.1, -0.05) is 12.1 Å². The fraction of sp³-hybridized carbons (Fsp3) is 0.588. The van der Waals surface area contributed by atoms with Gasteiger partial charge in [0.05, 0.1) is 18.6 Å². The van der Waals surface area contributed by atoms with Crippen LogP contribution in [0.1, 0.15) is 18.4 Å². The van der Waals surface area contributed by atoms with Gasteiger partial charge in [-0.15, -0.1) is 0 Å². The summed E-state index contributed by atoms with van der Waals surface area (Å²) in [6.45, 7) is 1.37. The average molecular weight is 354 g/mol. The van der Waals surface area contributed by atoms with Crippen molar-refractivity contribution in [2.45, 2.75) is 25.3 Å². The monoisotopic (exact) mass is 354 g/mol. The van der Waals surface area contributed by atoms with Crippen LogP contribution in [0.15, 0.2) is 24.3 Å². The molecule has 134 valence electrons. The molecule has 0 saturated carbocycles. The number of benzene rings is 1. The third-order valence-corrected chi connectivity index (χ3v) is 6.14. The second-order valence-corrected chi connectivity index (χ2v) is 8.39. The van der Waals surface area contributed by atoms with E-state index in [1.165, 1.54) is 5.56 Å². The van der Waals surface area contributed by atoms with Gasteiger partial charge < -0.3 is 15.0 Å². The van der Waals surface area contributed by atoms with Gasteiger partial charge in [0.15, 0.2) is 9.84 Å². The second kappa shape index (κ2) is 8.48. The zero-order chi connectivity index (χ0) is 17.6. The largest absolute Gasteiger partial charge is 0.497 e. The van der Waals surface area contributed by atoms with Gasteiger partial charge in [0, 0.05) is 26.1 Å². The van der Waals surface area contributed by atoms with Crippen LogP contribution in [0.4, 0.5) is 0 Å². The number of sulfone groups is 1. The summed E-state index contributed by atoms with van der Waals surface area (Å²) in [4.78, 5) is 13.7. The van der Waals surface area contributed by atoms with Crippen LogP contribution >= 0.6 is 0 Å². The molecule has 0 aromatic heterocycles. The van der Waals surface area contributed by atoms with E-state index in [9.17, 15) is 13.2 Å². The van der Waals surface area contributed by atoms with Crippen LogP contribution in [0.25, 0.3) is 0 Å². The summed E-state index contributed by atoms with van der Waals surface area (Å²) in [6.07, 6.45) is 1.79. The SMILES string of the molecule is COc1cccc(CCNCCC(=O)N(C)C2CCS(=O)(=O)C2)c1. The maximum absolute atomic E-state index is 12.1. The number of carbonyl (C=O) groups is 1. The number of rotatable bonds is 8. The Kier molecular flexibility index (Phi) is 6.62. The topological polar surface area (TPSA) is 75.7 Å². The Morgan fingerprint density at radius 1 is 1.38 bits per heavy atom. The second-order valence-electron chi connectivity index (χ2n) is 6.16. The number of nitrogens with zero attached hydrogens (tertiary/aromatic N) is 1. The van der Waals surface area contributed by atoms with E-state index in [2.05, 4.69) is 5.32 Å². The van der Waals surface area contributed by atoms with Crippen molar-refractivity contribution in [2.24, 2.45) is 0 Å². The van der Waals surface area contributed by atoms with Crippen molar-refractivity contribution in [1.29, 1.82) is 0 Å². The van der Waals surface area contributed by atoms with Gasteiger partial charge in [0.25, 0.3) is 0 Å². The van der Waals surface area contributed by atoms with E-state index in [1.54, 1.807) is 19.1 Å². The Morgan fingerprint density at radius 2 is 2.17 bits per heavy atom. The maximum atomic E-state index is 12.1. The smallest absolute Gasteiger partial charge is 0.223 e. The highest BCUT2D eigenvalue weighted by atomic mass is 32.2. The molecule has 6 nitrogen and oxygen atoms in total. The van der Waals surface area contributed by atoms with Crippen LogP contribution in [0.2, 0.25) is 0 Å². The number of carbonyl (C=O) groups excluding carboxylic acids is 1. The van der Waals surface area contributed by atoms with Gasteiger partial charge in [-0.05, 0) is 37.1 Å². The van der Waals surface area contributed by atoms with Crippen LogP contribution in [0, 0.1) is 0 Å². The molecular weight excluding hydrogens is 328 g/mol. The molecule has 1 amide bonds. The Hall–Kier alpha value is -1.60. The van der Waals surface area contributed by atoms with Crippen molar-refractivity contribution in [3.63, 3.8) is 0 Å². The number of methoxy groups -OCH3 is 1. The van der Waals surface area contributed by atoms with Crippen LogP contribution in [-0.2, 0) is 21.1 Å². The number of hydrogen-bond acceptors (Lipinski definition) is 5. The van der Waals surface area contributed by atoms with Crippen molar-refractivity contribution >= 4 is 15.7 Å². The van der Waals surface area contributed by atoms with Crippen LogP contribution < -0.4 is 10.1 Å². The molecule has 0 bridgehead atoms. The summed E-state index contributed by atoms with van der Waals surface area (Å²) in [6, 6.07) is 7.75. The quantitative estimate of drug-likeness (QED) is 0.701. The predicted molar refractivity (Wildman–Crippen MR) is 94.0 cm³/mol. The predicted octanol–water partition coefficient (Wildman–Crippen LogP) is 0.863. The molecule has 1 aliphatic rings. The molecule has 0 aliphatic carbocycles. The van der Waals surface area contributed by atoms with Crippen LogP contribution in [0.3, 0.4) is 0 Å².